The van der Waals surface area contributed by atoms with Crippen molar-refractivity contribution in [3.05, 3.63) is 12.1 Å². The molecule has 0 spiro atoms. The van der Waals surface area contributed by atoms with Crippen molar-refractivity contribution in [2.75, 3.05) is 46.4 Å². The lowest BCUT2D eigenvalue weighted by Gasteiger charge is -2.15. The summed E-state index contributed by atoms with van der Waals surface area (Å²) in [6.45, 7) is 3.99. The average Bonchev–Trinajstić information content (AvgIpc) is 2.56. The van der Waals surface area contributed by atoms with Crippen molar-refractivity contribution < 1.29 is 23.7 Å². The number of rotatable bonds is 10. The number of methoxy groups -OCH3 is 3. The molecule has 0 aliphatic carbocycles. The van der Waals surface area contributed by atoms with Gasteiger partial charge in [-0.25, -0.2) is 4.79 Å². The van der Waals surface area contributed by atoms with Gasteiger partial charge in [-0.3, -0.25) is 0 Å². The highest BCUT2D eigenvalue weighted by Crippen LogP contribution is 2.39. The topological polar surface area (TPSA) is 78.1 Å². The number of carbonyl (C=O) groups excluding carboxylic acids is 1. The molecule has 1 rings (SSSR count). The molecule has 7 nitrogen and oxygen atoms in total. The summed E-state index contributed by atoms with van der Waals surface area (Å²) >= 11 is 0. The lowest BCUT2D eigenvalue weighted by atomic mass is 10.2. The first-order valence-electron chi connectivity index (χ1n) is 7.58. The standard InChI is InChI=1S/C16H26N2O5/c1-5-8-23-9-6-7-17-16(19)18-12-10-13(20-2)15(22-4)14(11-12)21-3/h10-11H,5-9H2,1-4H3,(H2,17,18,19). The molecule has 2 amide bonds. The van der Waals surface area contributed by atoms with Gasteiger partial charge in [0.2, 0.25) is 5.75 Å². The van der Waals surface area contributed by atoms with E-state index in [4.69, 9.17) is 18.9 Å². The molecule has 0 saturated heterocycles. The Morgan fingerprint density at radius 3 is 2.22 bits per heavy atom. The molecule has 7 heteroatoms. The molecule has 0 heterocycles. The number of anilines is 1. The van der Waals surface area contributed by atoms with E-state index in [1.165, 1.54) is 21.3 Å². The summed E-state index contributed by atoms with van der Waals surface area (Å²) in [5.41, 5.74) is 0.555. The van der Waals surface area contributed by atoms with Crippen LogP contribution in [0.3, 0.4) is 0 Å². The number of amides is 2. The Kier molecular flexibility index (Phi) is 8.67. The number of nitrogens with one attached hydrogen (secondary N) is 2. The molecule has 23 heavy (non-hydrogen) atoms. The van der Waals surface area contributed by atoms with E-state index in [0.717, 1.165) is 19.4 Å². The van der Waals surface area contributed by atoms with Crippen LogP contribution >= 0.6 is 0 Å². The van der Waals surface area contributed by atoms with Gasteiger partial charge >= 0.3 is 6.03 Å². The van der Waals surface area contributed by atoms with E-state index in [9.17, 15) is 4.79 Å². The molecule has 2 N–H and O–H groups in total. The van der Waals surface area contributed by atoms with Crippen molar-refractivity contribution in [2.45, 2.75) is 19.8 Å². The van der Waals surface area contributed by atoms with E-state index in [2.05, 4.69) is 17.6 Å². The van der Waals surface area contributed by atoms with Crippen LogP contribution in [0, 0.1) is 0 Å². The Balaban J connectivity index is 2.54. The van der Waals surface area contributed by atoms with Crippen molar-refractivity contribution in [1.29, 1.82) is 0 Å². The molecule has 1 aromatic rings. The molecule has 0 aromatic heterocycles. The van der Waals surface area contributed by atoms with Gasteiger partial charge in [-0.05, 0) is 12.8 Å². The third-order valence-electron chi connectivity index (χ3n) is 3.02. The fourth-order valence-corrected chi connectivity index (χ4v) is 1.95. The summed E-state index contributed by atoms with van der Waals surface area (Å²) < 4.78 is 21.1. The number of carbonyl (C=O) groups is 1. The molecule has 0 saturated carbocycles. The number of urea groups is 1. The van der Waals surface area contributed by atoms with Crippen molar-refractivity contribution >= 4 is 11.7 Å². The zero-order valence-corrected chi connectivity index (χ0v) is 14.2. The summed E-state index contributed by atoms with van der Waals surface area (Å²) in [5.74, 6) is 1.44. The van der Waals surface area contributed by atoms with Crippen LogP contribution in [-0.4, -0.2) is 47.1 Å². The molecular weight excluding hydrogens is 300 g/mol. The molecule has 0 aliphatic heterocycles. The number of ether oxygens (including phenoxy) is 4. The Labute approximate surface area is 137 Å². The summed E-state index contributed by atoms with van der Waals surface area (Å²) in [6.07, 6.45) is 1.76. The maximum absolute atomic E-state index is 11.9. The predicted molar refractivity (Wildman–Crippen MR) is 88.8 cm³/mol. The fourth-order valence-electron chi connectivity index (χ4n) is 1.95. The molecule has 130 valence electrons. The van der Waals surface area contributed by atoms with Gasteiger partial charge in [-0.1, -0.05) is 6.92 Å². The first kappa shape index (κ1) is 18.9. The summed E-state index contributed by atoms with van der Waals surface area (Å²) in [7, 11) is 4.58. The second-order valence-corrected chi connectivity index (χ2v) is 4.76. The van der Waals surface area contributed by atoms with E-state index in [-0.39, 0.29) is 6.03 Å². The first-order chi connectivity index (χ1) is 11.2. The summed E-state index contributed by atoms with van der Waals surface area (Å²) in [5, 5.41) is 5.51. The summed E-state index contributed by atoms with van der Waals surface area (Å²) in [4.78, 5) is 11.9. The van der Waals surface area contributed by atoms with Gasteiger partial charge in [0.05, 0.1) is 27.0 Å². The SMILES string of the molecule is CCCOCCCNC(=O)Nc1cc(OC)c(OC)c(OC)c1. The van der Waals surface area contributed by atoms with Crippen LogP contribution in [0.4, 0.5) is 10.5 Å². The Morgan fingerprint density at radius 2 is 1.70 bits per heavy atom. The van der Waals surface area contributed by atoms with E-state index in [0.29, 0.717) is 36.1 Å². The highest BCUT2D eigenvalue weighted by molar-refractivity contribution is 5.90. The number of hydrogen-bond acceptors (Lipinski definition) is 5. The maximum Gasteiger partial charge on any atom is 0.319 e. The monoisotopic (exact) mass is 326 g/mol. The zero-order valence-electron chi connectivity index (χ0n) is 14.2. The largest absolute Gasteiger partial charge is 0.493 e. The van der Waals surface area contributed by atoms with Gasteiger partial charge in [0.25, 0.3) is 0 Å². The molecule has 0 aliphatic rings. The third-order valence-corrected chi connectivity index (χ3v) is 3.02. The average molecular weight is 326 g/mol. The highest BCUT2D eigenvalue weighted by atomic mass is 16.5. The lowest BCUT2D eigenvalue weighted by molar-refractivity contribution is 0.132. The summed E-state index contributed by atoms with van der Waals surface area (Å²) in [6, 6.07) is 3.05. The molecule has 1 aromatic carbocycles. The van der Waals surface area contributed by atoms with Crippen LogP contribution < -0.4 is 24.8 Å². The first-order valence-corrected chi connectivity index (χ1v) is 7.58. The molecule has 0 bridgehead atoms. The van der Waals surface area contributed by atoms with Crippen LogP contribution in [0.2, 0.25) is 0 Å². The van der Waals surface area contributed by atoms with E-state index >= 15 is 0 Å². The minimum Gasteiger partial charge on any atom is -0.493 e. The Hall–Kier alpha value is -2.15. The van der Waals surface area contributed by atoms with E-state index in [1.807, 2.05) is 0 Å². The normalized spacial score (nSPS) is 10.1. The quantitative estimate of drug-likeness (QED) is 0.646. The molecular formula is C16H26N2O5. The lowest BCUT2D eigenvalue weighted by Crippen LogP contribution is -2.30. The van der Waals surface area contributed by atoms with Gasteiger partial charge in [-0.15, -0.1) is 0 Å². The molecule has 0 radical (unpaired) electrons. The minimum absolute atomic E-state index is 0.297. The number of benzene rings is 1. The molecule has 0 unspecified atom stereocenters. The predicted octanol–water partition coefficient (Wildman–Crippen LogP) is 2.65. The Bertz CT molecular complexity index is 468. The van der Waals surface area contributed by atoms with Crippen molar-refractivity contribution in [3.63, 3.8) is 0 Å². The van der Waals surface area contributed by atoms with Crippen LogP contribution in [0.15, 0.2) is 12.1 Å². The minimum atomic E-state index is -0.297. The second kappa shape index (κ2) is 10.6. The van der Waals surface area contributed by atoms with Crippen molar-refractivity contribution in [2.24, 2.45) is 0 Å². The fraction of sp³-hybridized carbons (Fsp3) is 0.562. The van der Waals surface area contributed by atoms with Crippen LogP contribution in [0.5, 0.6) is 17.2 Å². The van der Waals surface area contributed by atoms with Crippen molar-refractivity contribution in [3.8, 4) is 17.2 Å². The number of hydrogen-bond donors (Lipinski definition) is 2. The Morgan fingerprint density at radius 1 is 1.04 bits per heavy atom. The van der Waals surface area contributed by atoms with Crippen molar-refractivity contribution in [1.82, 2.24) is 5.32 Å². The second-order valence-electron chi connectivity index (χ2n) is 4.76. The van der Waals surface area contributed by atoms with Gasteiger partial charge in [0.1, 0.15) is 0 Å². The van der Waals surface area contributed by atoms with Gasteiger partial charge in [0.15, 0.2) is 11.5 Å². The van der Waals surface area contributed by atoms with E-state index in [1.54, 1.807) is 12.1 Å². The third kappa shape index (κ3) is 6.23. The van der Waals surface area contributed by atoms with Crippen LogP contribution in [0.25, 0.3) is 0 Å². The van der Waals surface area contributed by atoms with Gasteiger partial charge in [-0.2, -0.15) is 0 Å². The van der Waals surface area contributed by atoms with Crippen LogP contribution in [0.1, 0.15) is 19.8 Å². The molecule has 0 fully saturated rings. The van der Waals surface area contributed by atoms with E-state index < -0.39 is 0 Å². The smallest absolute Gasteiger partial charge is 0.319 e. The maximum atomic E-state index is 11.9. The van der Waals surface area contributed by atoms with Crippen LogP contribution in [-0.2, 0) is 4.74 Å². The zero-order chi connectivity index (χ0) is 17.1. The van der Waals surface area contributed by atoms with Gasteiger partial charge in [0, 0.05) is 31.9 Å². The molecule has 0 atom stereocenters. The highest BCUT2D eigenvalue weighted by Gasteiger charge is 2.14. The van der Waals surface area contributed by atoms with Gasteiger partial charge < -0.3 is 29.6 Å².